The molecule has 0 bridgehead atoms. The molecule has 0 radical (unpaired) electrons. The van der Waals surface area contributed by atoms with Crippen molar-refractivity contribution in [2.45, 2.75) is 27.7 Å². The number of halogens is 1. The van der Waals surface area contributed by atoms with Crippen molar-refractivity contribution < 1.29 is 0 Å². The van der Waals surface area contributed by atoms with Crippen molar-refractivity contribution in [3.05, 3.63) is 21.7 Å². The van der Waals surface area contributed by atoms with E-state index >= 15 is 0 Å². The lowest BCUT2D eigenvalue weighted by Crippen LogP contribution is -1.73. The summed E-state index contributed by atoms with van der Waals surface area (Å²) >= 11 is 6.15. The Labute approximate surface area is 68.1 Å². The standard InChI is InChI=1S/C8H12ClP/c1-5-6(2)8(4)10(9)7(5)3/h1-4H3. The molecule has 0 atom stereocenters. The topological polar surface area (TPSA) is 0 Å². The average Bonchev–Trinajstić information content (AvgIpc) is 2.07. The molecular weight excluding hydrogens is 163 g/mol. The third-order valence-electron chi connectivity index (χ3n) is 2.24. The van der Waals surface area contributed by atoms with Crippen molar-refractivity contribution in [2.24, 2.45) is 0 Å². The van der Waals surface area contributed by atoms with E-state index in [0.29, 0.717) is 0 Å². The molecule has 0 saturated carbocycles. The molecule has 0 spiro atoms. The first-order chi connectivity index (χ1) is 4.55. The Hall–Kier alpha value is 0.0700. The highest BCUT2D eigenvalue weighted by Crippen LogP contribution is 2.46. The van der Waals surface area contributed by atoms with E-state index in [1.165, 1.54) is 21.7 Å². The van der Waals surface area contributed by atoms with Gasteiger partial charge in [-0.2, -0.15) is 0 Å². The second-order valence-corrected chi connectivity index (χ2v) is 5.62. The van der Waals surface area contributed by atoms with Crippen LogP contribution in [-0.4, -0.2) is 0 Å². The van der Waals surface area contributed by atoms with E-state index in [0.717, 1.165) is 0 Å². The smallest absolute Gasteiger partial charge is 0.0135 e. The van der Waals surface area contributed by atoms with Gasteiger partial charge in [-0.3, -0.25) is 0 Å². The quantitative estimate of drug-likeness (QED) is 0.560. The van der Waals surface area contributed by atoms with Gasteiger partial charge in [-0.25, -0.2) is 0 Å². The van der Waals surface area contributed by atoms with Gasteiger partial charge in [0, 0.05) is 0 Å². The van der Waals surface area contributed by atoms with Gasteiger partial charge < -0.3 is 0 Å². The minimum Gasteiger partial charge on any atom is -0.0622 e. The van der Waals surface area contributed by atoms with Gasteiger partial charge in [-0.15, -0.1) is 0 Å². The molecule has 1 heterocycles. The molecule has 0 fully saturated rings. The average molecular weight is 175 g/mol. The molecule has 0 amide bonds. The maximum absolute atomic E-state index is 6.15. The predicted octanol–water partition coefficient (Wildman–Crippen LogP) is 3.91. The van der Waals surface area contributed by atoms with Crippen LogP contribution in [-0.2, 0) is 0 Å². The molecule has 0 unspecified atom stereocenters. The zero-order valence-corrected chi connectivity index (χ0v) is 8.48. The Morgan fingerprint density at radius 1 is 0.900 bits per heavy atom. The first-order valence-corrected chi connectivity index (χ1v) is 5.61. The van der Waals surface area contributed by atoms with Crippen LogP contribution in [0.25, 0.3) is 0 Å². The van der Waals surface area contributed by atoms with Crippen LogP contribution in [0.3, 0.4) is 0 Å². The Morgan fingerprint density at radius 2 is 1.20 bits per heavy atom. The summed E-state index contributed by atoms with van der Waals surface area (Å²) < 4.78 is 0. The van der Waals surface area contributed by atoms with E-state index in [1.54, 1.807) is 0 Å². The molecule has 1 aromatic heterocycles. The van der Waals surface area contributed by atoms with Gasteiger partial charge in [-0.1, -0.05) is 11.2 Å². The van der Waals surface area contributed by atoms with Crippen LogP contribution < -0.4 is 0 Å². The molecule has 1 aromatic rings. The molecule has 0 aromatic carbocycles. The van der Waals surface area contributed by atoms with Crippen LogP contribution in [0.1, 0.15) is 21.7 Å². The minimum absolute atomic E-state index is 0.435. The highest BCUT2D eigenvalue weighted by Gasteiger charge is 2.08. The van der Waals surface area contributed by atoms with Crippen molar-refractivity contribution in [3.8, 4) is 0 Å². The fourth-order valence-electron chi connectivity index (χ4n) is 1.09. The summed E-state index contributed by atoms with van der Waals surface area (Å²) in [6.45, 7) is 8.13. The first kappa shape index (κ1) is 8.17. The largest absolute Gasteiger partial charge is 0.0622 e. The van der Waals surface area contributed by atoms with E-state index in [4.69, 9.17) is 11.2 Å². The van der Waals surface area contributed by atoms with Crippen LogP contribution in [0.15, 0.2) is 0 Å². The summed E-state index contributed by atoms with van der Waals surface area (Å²) in [5.74, 6) is 0. The second-order valence-electron chi connectivity index (χ2n) is 2.70. The monoisotopic (exact) mass is 174 g/mol. The lowest BCUT2D eigenvalue weighted by molar-refractivity contribution is 1.32. The molecule has 0 saturated heterocycles. The highest BCUT2D eigenvalue weighted by molar-refractivity contribution is 7.78. The molecule has 2 heteroatoms. The van der Waals surface area contributed by atoms with Gasteiger partial charge in [-0.05, 0) is 56.3 Å². The van der Waals surface area contributed by atoms with E-state index in [9.17, 15) is 0 Å². The normalized spacial score (nSPS) is 10.5. The van der Waals surface area contributed by atoms with Gasteiger partial charge in [0.25, 0.3) is 0 Å². The van der Waals surface area contributed by atoms with E-state index in [2.05, 4.69) is 27.7 Å². The molecule has 10 heavy (non-hydrogen) atoms. The van der Waals surface area contributed by atoms with Crippen molar-refractivity contribution in [1.82, 2.24) is 0 Å². The lowest BCUT2D eigenvalue weighted by Gasteiger charge is -1.89. The Balaban J connectivity index is 3.44. The van der Waals surface area contributed by atoms with E-state index in [-0.39, 0.29) is 0 Å². The van der Waals surface area contributed by atoms with Crippen LogP contribution in [0.4, 0.5) is 0 Å². The van der Waals surface area contributed by atoms with Gasteiger partial charge in [0.15, 0.2) is 0 Å². The Kier molecular flexibility index (Phi) is 2.12. The van der Waals surface area contributed by atoms with Gasteiger partial charge in [0.05, 0.1) is 0 Å². The second kappa shape index (κ2) is 2.60. The maximum atomic E-state index is 6.15. The molecule has 0 nitrogen and oxygen atoms in total. The fourth-order valence-corrected chi connectivity index (χ4v) is 3.28. The van der Waals surface area contributed by atoms with Gasteiger partial charge in [0.1, 0.15) is 0 Å². The number of hydrogen-bond donors (Lipinski definition) is 0. The summed E-state index contributed by atoms with van der Waals surface area (Å²) in [7, 11) is 0. The van der Waals surface area contributed by atoms with Crippen LogP contribution in [0.2, 0.25) is 0 Å². The molecule has 56 valence electrons. The highest BCUT2D eigenvalue weighted by atomic mass is 35.7. The predicted molar refractivity (Wildman–Crippen MR) is 49.3 cm³/mol. The van der Waals surface area contributed by atoms with Crippen LogP contribution in [0, 0.1) is 27.7 Å². The summed E-state index contributed by atoms with van der Waals surface area (Å²) in [4.78, 5) is 0. The molecule has 0 N–H and O–H groups in total. The lowest BCUT2D eigenvalue weighted by atomic mass is 10.2. The summed E-state index contributed by atoms with van der Waals surface area (Å²) in [6, 6.07) is 0. The zero-order valence-electron chi connectivity index (χ0n) is 6.83. The maximum Gasteiger partial charge on any atom is -0.0135 e. The first-order valence-electron chi connectivity index (χ1n) is 3.37. The Bertz CT molecular complexity index is 180. The third-order valence-corrected chi connectivity index (χ3v) is 5.61. The van der Waals surface area contributed by atoms with Crippen molar-refractivity contribution in [3.63, 3.8) is 0 Å². The van der Waals surface area contributed by atoms with Crippen molar-refractivity contribution in [2.75, 3.05) is 0 Å². The van der Waals surface area contributed by atoms with Gasteiger partial charge in [0.2, 0.25) is 0 Å². The molecule has 0 aliphatic heterocycles. The minimum atomic E-state index is -0.435. The third kappa shape index (κ3) is 1.00. The molecule has 1 rings (SSSR count). The molecule has 0 aliphatic rings. The number of rotatable bonds is 0. The van der Waals surface area contributed by atoms with Crippen LogP contribution in [0.5, 0.6) is 0 Å². The SMILES string of the molecule is Cc1c(C)c(C)p(Cl)c1C. The number of hydrogen-bond acceptors (Lipinski definition) is 0. The van der Waals surface area contributed by atoms with Crippen LogP contribution >= 0.6 is 18.1 Å². The summed E-state index contributed by atoms with van der Waals surface area (Å²) in [5, 5.41) is 2.76. The Morgan fingerprint density at radius 3 is 1.30 bits per heavy atom. The van der Waals surface area contributed by atoms with E-state index in [1.807, 2.05) is 0 Å². The summed E-state index contributed by atoms with van der Waals surface area (Å²) in [6.07, 6.45) is 0. The zero-order chi connectivity index (χ0) is 7.89. The van der Waals surface area contributed by atoms with Crippen molar-refractivity contribution in [1.29, 1.82) is 0 Å². The molecule has 0 aliphatic carbocycles. The fraction of sp³-hybridized carbons (Fsp3) is 0.500. The summed E-state index contributed by atoms with van der Waals surface area (Å²) in [5.41, 5.74) is 2.80. The van der Waals surface area contributed by atoms with E-state index < -0.39 is 6.89 Å². The van der Waals surface area contributed by atoms with Gasteiger partial charge >= 0.3 is 0 Å². The molecular formula is C8H12ClP. The van der Waals surface area contributed by atoms with Crippen molar-refractivity contribution >= 4 is 18.1 Å².